The van der Waals surface area contributed by atoms with E-state index in [1.54, 1.807) is 30.5 Å². The largest absolute Gasteiger partial charge is 0.346 e. The van der Waals surface area contributed by atoms with E-state index >= 15 is 0 Å². The van der Waals surface area contributed by atoms with Crippen molar-refractivity contribution in [2.75, 3.05) is 23.9 Å². The van der Waals surface area contributed by atoms with E-state index in [1.165, 1.54) is 23.9 Å². The number of rotatable bonds is 10. The van der Waals surface area contributed by atoms with E-state index in [4.69, 9.17) is 6.42 Å². The number of carbonyl (C=O) groups excluding carboxylic acids is 2. The molecule has 0 aliphatic rings. The molecular formula is C21H22FN3O4S2. The Balaban J connectivity index is 2.03. The summed E-state index contributed by atoms with van der Waals surface area (Å²) < 4.78 is 41.2. The molecule has 0 radical (unpaired) electrons. The van der Waals surface area contributed by atoms with Gasteiger partial charge in [0, 0.05) is 11.3 Å². The van der Waals surface area contributed by atoms with Gasteiger partial charge in [-0.3, -0.25) is 9.59 Å². The number of hydrogen-bond acceptors (Lipinski definition) is 5. The summed E-state index contributed by atoms with van der Waals surface area (Å²) in [7, 11) is -4.27. The average Bonchev–Trinajstić information content (AvgIpc) is 2.75. The van der Waals surface area contributed by atoms with Crippen LogP contribution in [0.3, 0.4) is 0 Å². The molecule has 0 aliphatic carbocycles. The Morgan fingerprint density at radius 3 is 2.61 bits per heavy atom. The SMILES string of the molecule is C#Cc1cccc(NC(=O)CNC(=O)C(CCSC)NS(=O)(=O)c2ccccc2F)c1. The quantitative estimate of drug-likeness (QED) is 0.468. The van der Waals surface area contributed by atoms with Crippen molar-refractivity contribution in [2.24, 2.45) is 0 Å². The van der Waals surface area contributed by atoms with Crippen LogP contribution in [0, 0.1) is 18.2 Å². The number of nitrogens with one attached hydrogen (secondary N) is 3. The Morgan fingerprint density at radius 1 is 1.19 bits per heavy atom. The van der Waals surface area contributed by atoms with Gasteiger partial charge in [0.05, 0.1) is 6.54 Å². The van der Waals surface area contributed by atoms with Crippen LogP contribution in [0.2, 0.25) is 0 Å². The predicted molar refractivity (Wildman–Crippen MR) is 120 cm³/mol. The highest BCUT2D eigenvalue weighted by Crippen LogP contribution is 2.15. The molecule has 2 rings (SSSR count). The number of hydrogen-bond donors (Lipinski definition) is 3. The fourth-order valence-corrected chi connectivity index (χ4v) is 4.36. The lowest BCUT2D eigenvalue weighted by Gasteiger charge is -2.18. The Morgan fingerprint density at radius 2 is 1.94 bits per heavy atom. The van der Waals surface area contributed by atoms with Gasteiger partial charge in [-0.25, -0.2) is 12.8 Å². The third-order valence-electron chi connectivity index (χ3n) is 4.09. The zero-order valence-electron chi connectivity index (χ0n) is 16.7. The first-order valence-electron chi connectivity index (χ1n) is 9.17. The first kappa shape index (κ1) is 24.4. The topological polar surface area (TPSA) is 104 Å². The summed E-state index contributed by atoms with van der Waals surface area (Å²) in [5.74, 6) is 0.797. The zero-order valence-corrected chi connectivity index (χ0v) is 18.4. The van der Waals surface area contributed by atoms with Gasteiger partial charge < -0.3 is 10.6 Å². The Labute approximate surface area is 185 Å². The molecule has 164 valence electrons. The summed E-state index contributed by atoms with van der Waals surface area (Å²) in [5.41, 5.74) is 1.05. The van der Waals surface area contributed by atoms with Gasteiger partial charge in [-0.15, -0.1) is 6.42 Å². The number of carbonyl (C=O) groups is 2. The van der Waals surface area contributed by atoms with Gasteiger partial charge in [-0.1, -0.05) is 24.1 Å². The van der Waals surface area contributed by atoms with Crippen molar-refractivity contribution >= 4 is 39.3 Å². The van der Waals surface area contributed by atoms with Crippen molar-refractivity contribution < 1.29 is 22.4 Å². The molecule has 3 N–H and O–H groups in total. The Kier molecular flexibility index (Phi) is 9.05. The third kappa shape index (κ3) is 7.40. The van der Waals surface area contributed by atoms with Crippen molar-refractivity contribution in [1.29, 1.82) is 0 Å². The van der Waals surface area contributed by atoms with Crippen LogP contribution in [0.25, 0.3) is 0 Å². The highest BCUT2D eigenvalue weighted by atomic mass is 32.2. The zero-order chi connectivity index (χ0) is 22.9. The smallest absolute Gasteiger partial charge is 0.244 e. The van der Waals surface area contributed by atoms with Gasteiger partial charge in [-0.2, -0.15) is 16.5 Å². The van der Waals surface area contributed by atoms with Crippen LogP contribution in [0.4, 0.5) is 10.1 Å². The van der Waals surface area contributed by atoms with E-state index in [0.717, 1.165) is 12.1 Å². The summed E-state index contributed by atoms with van der Waals surface area (Å²) in [6.45, 7) is -0.379. The number of terminal acetylenes is 1. The number of benzene rings is 2. The van der Waals surface area contributed by atoms with Crippen molar-refractivity contribution in [3.63, 3.8) is 0 Å². The van der Waals surface area contributed by atoms with E-state index in [1.807, 2.05) is 0 Å². The van der Waals surface area contributed by atoms with Gasteiger partial charge in [0.1, 0.15) is 16.8 Å². The summed E-state index contributed by atoms with van der Waals surface area (Å²) in [6.07, 6.45) is 7.28. The molecule has 2 aromatic rings. The van der Waals surface area contributed by atoms with Gasteiger partial charge in [0.15, 0.2) is 0 Å². The number of sulfonamides is 1. The van der Waals surface area contributed by atoms with E-state index < -0.39 is 38.6 Å². The van der Waals surface area contributed by atoms with Gasteiger partial charge in [0.25, 0.3) is 0 Å². The maximum absolute atomic E-state index is 13.9. The van der Waals surface area contributed by atoms with Crippen molar-refractivity contribution in [3.05, 3.63) is 59.9 Å². The Hall–Kier alpha value is -2.87. The van der Waals surface area contributed by atoms with E-state index in [2.05, 4.69) is 21.3 Å². The average molecular weight is 464 g/mol. The fraction of sp³-hybridized carbons (Fsp3) is 0.238. The molecule has 31 heavy (non-hydrogen) atoms. The van der Waals surface area contributed by atoms with Gasteiger partial charge >= 0.3 is 0 Å². The van der Waals surface area contributed by atoms with Crippen molar-refractivity contribution in [2.45, 2.75) is 17.4 Å². The first-order chi connectivity index (χ1) is 14.8. The van der Waals surface area contributed by atoms with Crippen LogP contribution >= 0.6 is 11.8 Å². The predicted octanol–water partition coefficient (Wildman–Crippen LogP) is 1.96. The molecule has 0 heterocycles. The maximum atomic E-state index is 13.9. The molecule has 7 nitrogen and oxygen atoms in total. The van der Waals surface area contributed by atoms with Crippen LogP contribution in [0.1, 0.15) is 12.0 Å². The molecule has 0 saturated heterocycles. The minimum absolute atomic E-state index is 0.159. The molecule has 0 fully saturated rings. The highest BCUT2D eigenvalue weighted by molar-refractivity contribution is 7.98. The van der Waals surface area contributed by atoms with Crippen LogP contribution in [-0.2, 0) is 19.6 Å². The molecule has 2 aromatic carbocycles. The standard InChI is InChI=1S/C21H22FN3O4S2/c1-3-15-7-6-8-16(13-15)24-20(26)14-23-21(27)18(11-12-30-2)25-31(28,29)19-10-5-4-9-17(19)22/h1,4-10,13,18,25H,11-12,14H2,2H3,(H,23,27)(H,24,26). The first-order valence-corrected chi connectivity index (χ1v) is 12.0. The molecule has 1 atom stereocenters. The van der Waals surface area contributed by atoms with Crippen molar-refractivity contribution in [1.82, 2.24) is 10.0 Å². The number of halogens is 1. The summed E-state index contributed by atoms with van der Waals surface area (Å²) >= 11 is 1.42. The minimum atomic E-state index is -4.27. The monoisotopic (exact) mass is 463 g/mol. The molecule has 2 amide bonds. The van der Waals surface area contributed by atoms with E-state index in [9.17, 15) is 22.4 Å². The molecule has 0 aromatic heterocycles. The number of anilines is 1. The summed E-state index contributed by atoms with van der Waals surface area (Å²) in [5, 5.41) is 5.00. The molecule has 0 bridgehead atoms. The van der Waals surface area contributed by atoms with Crippen LogP contribution in [-0.4, -0.2) is 44.8 Å². The minimum Gasteiger partial charge on any atom is -0.346 e. The lowest BCUT2D eigenvalue weighted by Crippen LogP contribution is -2.48. The fourth-order valence-electron chi connectivity index (χ4n) is 2.58. The molecule has 1 unspecified atom stereocenters. The van der Waals surface area contributed by atoms with Gasteiger partial charge in [0.2, 0.25) is 21.8 Å². The second-order valence-electron chi connectivity index (χ2n) is 6.38. The molecule has 10 heteroatoms. The number of amides is 2. The molecular weight excluding hydrogens is 441 g/mol. The molecule has 0 saturated carbocycles. The second-order valence-corrected chi connectivity index (χ2v) is 9.04. The lowest BCUT2D eigenvalue weighted by molar-refractivity contribution is -0.125. The highest BCUT2D eigenvalue weighted by Gasteiger charge is 2.27. The summed E-state index contributed by atoms with van der Waals surface area (Å²) in [4.78, 5) is 24.1. The third-order valence-corrected chi connectivity index (χ3v) is 6.24. The molecule has 0 spiro atoms. The second kappa shape index (κ2) is 11.5. The lowest BCUT2D eigenvalue weighted by atomic mass is 10.2. The molecule has 0 aliphatic heterocycles. The Bertz CT molecular complexity index is 1080. The van der Waals surface area contributed by atoms with Crippen LogP contribution < -0.4 is 15.4 Å². The maximum Gasteiger partial charge on any atom is 0.244 e. The van der Waals surface area contributed by atoms with Crippen molar-refractivity contribution in [3.8, 4) is 12.3 Å². The van der Waals surface area contributed by atoms with Crippen LogP contribution in [0.5, 0.6) is 0 Å². The van der Waals surface area contributed by atoms with Crippen LogP contribution in [0.15, 0.2) is 53.4 Å². The van der Waals surface area contributed by atoms with Gasteiger partial charge in [-0.05, 0) is 48.8 Å². The summed E-state index contributed by atoms with van der Waals surface area (Å²) in [6, 6.07) is 10.3. The number of thioether (sulfide) groups is 1. The van der Waals surface area contributed by atoms with E-state index in [-0.39, 0.29) is 13.0 Å². The van der Waals surface area contributed by atoms with E-state index in [0.29, 0.717) is 17.0 Å². The normalized spacial score (nSPS) is 11.9.